The number of alkyl halides is 3. The summed E-state index contributed by atoms with van der Waals surface area (Å²) in [6.07, 6.45) is 2.67. The lowest BCUT2D eigenvalue weighted by molar-refractivity contribution is 0.140. The monoisotopic (exact) mass is 300 g/mol. The third kappa shape index (κ3) is 2.90. The average Bonchev–Trinajstić information content (AvgIpc) is 3.00. The molecule has 2 heterocycles. The molecule has 0 aromatic carbocycles. The molecule has 0 bridgehead atoms. The van der Waals surface area contributed by atoms with Gasteiger partial charge in [0.25, 0.3) is 0 Å². The molecule has 0 saturated heterocycles. The van der Waals surface area contributed by atoms with E-state index < -0.39 is 32.2 Å². The van der Waals surface area contributed by atoms with Crippen molar-refractivity contribution in [2.75, 3.05) is 0 Å². The summed E-state index contributed by atoms with van der Waals surface area (Å²) in [4.78, 5) is 7.60. The molecule has 2 aromatic heterocycles. The fraction of sp³-hybridized carbons (Fsp3) is 0.462. The Morgan fingerprint density at radius 3 is 2.48 bits per heavy atom. The first kappa shape index (κ1) is 15.4. The number of aliphatic hydroxyl groups excluding tert-OH is 1. The number of aromatic nitrogens is 4. The van der Waals surface area contributed by atoms with Gasteiger partial charge in [0.15, 0.2) is 0 Å². The van der Waals surface area contributed by atoms with E-state index in [1.54, 1.807) is 0 Å². The van der Waals surface area contributed by atoms with E-state index in [1.807, 2.05) is 0 Å². The first-order valence-corrected chi connectivity index (χ1v) is 6.33. The highest BCUT2D eigenvalue weighted by atomic mass is 19.1. The lowest BCUT2D eigenvalue weighted by Gasteiger charge is -2.25. The third-order valence-corrected chi connectivity index (χ3v) is 3.28. The Kier molecular flexibility index (Phi) is 4.89. The van der Waals surface area contributed by atoms with E-state index >= 15 is 0 Å². The zero-order valence-corrected chi connectivity index (χ0v) is 11.4. The lowest BCUT2D eigenvalue weighted by atomic mass is 9.93. The van der Waals surface area contributed by atoms with Crippen molar-refractivity contribution in [3.05, 3.63) is 41.2 Å². The average molecular weight is 300 g/mol. The predicted octanol–water partition coefficient (Wildman–Crippen LogP) is 2.05. The molecular weight excluding hydrogens is 285 g/mol. The first-order valence-electron chi connectivity index (χ1n) is 6.33. The highest BCUT2D eigenvalue weighted by molar-refractivity contribution is 5.39. The molecule has 5 nitrogen and oxygen atoms in total. The van der Waals surface area contributed by atoms with Crippen molar-refractivity contribution < 1.29 is 18.3 Å². The van der Waals surface area contributed by atoms with Gasteiger partial charge in [0.05, 0.1) is 11.8 Å². The summed E-state index contributed by atoms with van der Waals surface area (Å²) in [6, 6.07) is -0.886. The summed E-state index contributed by atoms with van der Waals surface area (Å²) in [5, 5.41) is 13.9. The molecule has 8 heteroatoms. The van der Waals surface area contributed by atoms with E-state index in [4.69, 9.17) is 0 Å². The maximum atomic E-state index is 13.4. The second-order valence-corrected chi connectivity index (χ2v) is 4.58. The van der Waals surface area contributed by atoms with Crippen molar-refractivity contribution in [2.24, 2.45) is 0 Å². The van der Waals surface area contributed by atoms with Crippen LogP contribution < -0.4 is 0 Å². The number of hydrogen-bond donors (Lipinski definition) is 1. The van der Waals surface area contributed by atoms with Crippen LogP contribution in [0.1, 0.15) is 35.3 Å². The molecule has 0 aliphatic rings. The highest BCUT2D eigenvalue weighted by Gasteiger charge is 2.28. The second kappa shape index (κ2) is 6.66. The minimum absolute atomic E-state index is 0.00144. The van der Waals surface area contributed by atoms with Crippen molar-refractivity contribution in [3.63, 3.8) is 0 Å². The molecule has 114 valence electrons. The van der Waals surface area contributed by atoms with Gasteiger partial charge in [-0.1, -0.05) is 0 Å². The van der Waals surface area contributed by atoms with E-state index in [9.17, 15) is 18.3 Å². The molecule has 0 spiro atoms. The molecule has 2 aromatic rings. The number of rotatable bonds is 6. The van der Waals surface area contributed by atoms with Crippen LogP contribution in [0.5, 0.6) is 0 Å². The quantitative estimate of drug-likeness (QED) is 0.887. The topological polar surface area (TPSA) is 63.8 Å². The predicted molar refractivity (Wildman–Crippen MR) is 68.5 cm³/mol. The minimum atomic E-state index is -1.01. The largest absolute Gasteiger partial charge is 0.391 e. The Morgan fingerprint density at radius 1 is 1.24 bits per heavy atom. The van der Waals surface area contributed by atoms with Gasteiger partial charge in [-0.05, 0) is 12.5 Å². The van der Waals surface area contributed by atoms with Crippen LogP contribution in [-0.2, 0) is 20.0 Å². The number of aliphatic hydroxyl groups is 1. The molecular formula is C13H15F3N4O. The van der Waals surface area contributed by atoms with E-state index in [0.717, 1.165) is 6.20 Å². The van der Waals surface area contributed by atoms with Gasteiger partial charge in [0.1, 0.15) is 38.7 Å². The zero-order chi connectivity index (χ0) is 15.4. The molecule has 2 atom stereocenters. The summed E-state index contributed by atoms with van der Waals surface area (Å²) >= 11 is 0. The SMILES string of the molecule is CC(O)C(c1c(CF)ncc(CF)c1CF)n1cncn1. The van der Waals surface area contributed by atoms with Gasteiger partial charge in [0.2, 0.25) is 0 Å². The lowest BCUT2D eigenvalue weighted by Crippen LogP contribution is -2.26. The Morgan fingerprint density at radius 2 is 2.00 bits per heavy atom. The van der Waals surface area contributed by atoms with Gasteiger partial charge in [-0.15, -0.1) is 0 Å². The molecule has 1 N–H and O–H groups in total. The van der Waals surface area contributed by atoms with Crippen molar-refractivity contribution in [2.45, 2.75) is 39.1 Å². The number of pyridine rings is 1. The van der Waals surface area contributed by atoms with E-state index in [1.165, 1.54) is 24.3 Å². The van der Waals surface area contributed by atoms with Gasteiger partial charge < -0.3 is 5.11 Å². The van der Waals surface area contributed by atoms with Crippen LogP contribution in [0.3, 0.4) is 0 Å². The molecule has 0 aliphatic carbocycles. The van der Waals surface area contributed by atoms with Crippen LogP contribution in [0.2, 0.25) is 0 Å². The van der Waals surface area contributed by atoms with Gasteiger partial charge in [-0.2, -0.15) is 5.10 Å². The highest BCUT2D eigenvalue weighted by Crippen LogP contribution is 2.31. The second-order valence-electron chi connectivity index (χ2n) is 4.58. The van der Waals surface area contributed by atoms with Crippen molar-refractivity contribution in [3.8, 4) is 0 Å². The molecule has 2 unspecified atom stereocenters. The van der Waals surface area contributed by atoms with E-state index in [2.05, 4.69) is 15.1 Å². The van der Waals surface area contributed by atoms with Gasteiger partial charge in [-0.25, -0.2) is 22.8 Å². The maximum absolute atomic E-state index is 13.4. The summed E-state index contributed by atoms with van der Waals surface area (Å²) < 4.78 is 40.8. The summed E-state index contributed by atoms with van der Waals surface area (Å²) in [6.45, 7) is -1.40. The van der Waals surface area contributed by atoms with Gasteiger partial charge in [-0.3, -0.25) is 4.98 Å². The fourth-order valence-electron chi connectivity index (χ4n) is 2.33. The van der Waals surface area contributed by atoms with Gasteiger partial charge in [0, 0.05) is 17.3 Å². The van der Waals surface area contributed by atoms with Crippen LogP contribution >= 0.6 is 0 Å². The Balaban J connectivity index is 2.68. The Hall–Kier alpha value is -1.96. The number of halogens is 3. The molecule has 0 aliphatic heterocycles. The summed E-state index contributed by atoms with van der Waals surface area (Å²) in [5.74, 6) is 0. The van der Waals surface area contributed by atoms with Crippen molar-refractivity contribution >= 4 is 0 Å². The molecule has 0 amide bonds. The van der Waals surface area contributed by atoms with Crippen LogP contribution in [0.15, 0.2) is 18.9 Å². The van der Waals surface area contributed by atoms with Crippen molar-refractivity contribution in [1.82, 2.24) is 19.7 Å². The standard InChI is InChI=1S/C13H15F3N4O/c1-8(21)13(20-7-17-6-19-20)12-10(3-15)9(2-14)5-18-11(12)4-16/h5-8,13,21H,2-4H2,1H3. The maximum Gasteiger partial charge on any atom is 0.137 e. The minimum Gasteiger partial charge on any atom is -0.391 e. The zero-order valence-electron chi connectivity index (χ0n) is 11.4. The number of hydrogen-bond acceptors (Lipinski definition) is 4. The summed E-state index contributed by atoms with van der Waals surface area (Å²) in [5.41, 5.74) is 0.119. The van der Waals surface area contributed by atoms with Gasteiger partial charge >= 0.3 is 0 Å². The van der Waals surface area contributed by atoms with Crippen LogP contribution in [0, 0.1) is 0 Å². The Labute approximate surface area is 119 Å². The Bertz CT molecular complexity index is 589. The normalized spacial score (nSPS) is 14.1. The van der Waals surface area contributed by atoms with Crippen LogP contribution in [-0.4, -0.2) is 31.0 Å². The molecule has 0 saturated carbocycles. The molecule has 0 radical (unpaired) electrons. The van der Waals surface area contributed by atoms with Crippen molar-refractivity contribution in [1.29, 1.82) is 0 Å². The molecule has 0 fully saturated rings. The fourth-order valence-corrected chi connectivity index (χ4v) is 2.33. The summed E-state index contributed by atoms with van der Waals surface area (Å²) in [7, 11) is 0. The number of nitrogens with zero attached hydrogens (tertiary/aromatic N) is 4. The van der Waals surface area contributed by atoms with E-state index in [-0.39, 0.29) is 22.4 Å². The third-order valence-electron chi connectivity index (χ3n) is 3.28. The first-order chi connectivity index (χ1) is 10.1. The molecule has 2 rings (SSSR count). The van der Waals surface area contributed by atoms with Crippen LogP contribution in [0.4, 0.5) is 13.2 Å². The smallest absolute Gasteiger partial charge is 0.137 e. The van der Waals surface area contributed by atoms with Crippen LogP contribution in [0.25, 0.3) is 0 Å². The molecule has 21 heavy (non-hydrogen) atoms. The van der Waals surface area contributed by atoms with E-state index in [0.29, 0.717) is 0 Å².